The van der Waals surface area contributed by atoms with Crippen LogP contribution >= 0.6 is 0 Å². The van der Waals surface area contributed by atoms with Crippen molar-refractivity contribution < 1.29 is 34.0 Å². The minimum absolute atomic E-state index is 0.00633. The van der Waals surface area contributed by atoms with E-state index in [4.69, 9.17) is 19.3 Å². The molecule has 7 nitrogen and oxygen atoms in total. The van der Waals surface area contributed by atoms with Crippen LogP contribution in [0.3, 0.4) is 0 Å². The van der Waals surface area contributed by atoms with Gasteiger partial charge in [-0.25, -0.2) is 0 Å². The molecule has 1 aromatic carbocycles. The SMILES string of the molecule is COc1ccccc1OCC(O)COC(=O)CCCC(=O)O. The van der Waals surface area contributed by atoms with Crippen LogP contribution in [0.2, 0.25) is 0 Å². The van der Waals surface area contributed by atoms with Crippen molar-refractivity contribution in [3.05, 3.63) is 24.3 Å². The molecule has 0 amide bonds. The highest BCUT2D eigenvalue weighted by Gasteiger charge is 2.11. The van der Waals surface area contributed by atoms with Gasteiger partial charge in [-0.1, -0.05) is 12.1 Å². The average Bonchev–Trinajstić information content (AvgIpc) is 2.50. The monoisotopic (exact) mass is 312 g/mol. The number of esters is 1. The maximum atomic E-state index is 11.3. The van der Waals surface area contributed by atoms with Gasteiger partial charge in [-0.2, -0.15) is 0 Å². The van der Waals surface area contributed by atoms with E-state index in [1.54, 1.807) is 24.3 Å². The van der Waals surface area contributed by atoms with E-state index in [1.165, 1.54) is 7.11 Å². The molecule has 7 heteroatoms. The molecule has 0 spiro atoms. The van der Waals surface area contributed by atoms with Crippen LogP contribution in [0.4, 0.5) is 0 Å². The number of carbonyl (C=O) groups is 2. The normalized spacial score (nSPS) is 11.5. The van der Waals surface area contributed by atoms with Gasteiger partial charge in [0.2, 0.25) is 0 Å². The zero-order valence-corrected chi connectivity index (χ0v) is 12.4. The molecular weight excluding hydrogens is 292 g/mol. The first-order chi connectivity index (χ1) is 10.5. The lowest BCUT2D eigenvalue weighted by atomic mass is 10.2. The molecule has 1 atom stereocenters. The first kappa shape index (κ1) is 17.8. The molecule has 122 valence electrons. The van der Waals surface area contributed by atoms with Gasteiger partial charge in [-0.3, -0.25) is 9.59 Å². The molecule has 0 aliphatic rings. The molecule has 0 bridgehead atoms. The number of aliphatic hydroxyl groups excluding tert-OH is 1. The van der Waals surface area contributed by atoms with Crippen LogP contribution in [-0.2, 0) is 14.3 Å². The highest BCUT2D eigenvalue weighted by Crippen LogP contribution is 2.25. The van der Waals surface area contributed by atoms with Crippen molar-refractivity contribution in [1.82, 2.24) is 0 Å². The first-order valence-corrected chi connectivity index (χ1v) is 6.84. The van der Waals surface area contributed by atoms with Crippen molar-refractivity contribution in [2.75, 3.05) is 20.3 Å². The second-order valence-corrected chi connectivity index (χ2v) is 4.55. The smallest absolute Gasteiger partial charge is 0.305 e. The standard InChI is InChI=1S/C15H20O7/c1-20-12-5-2-3-6-13(12)21-9-11(16)10-22-15(19)8-4-7-14(17)18/h2-3,5-6,11,16H,4,7-10H2,1H3,(H,17,18). The lowest BCUT2D eigenvalue weighted by molar-refractivity contribution is -0.147. The van der Waals surface area contributed by atoms with Crippen molar-refractivity contribution in [3.63, 3.8) is 0 Å². The molecule has 0 aliphatic heterocycles. The highest BCUT2D eigenvalue weighted by molar-refractivity contribution is 5.71. The fourth-order valence-electron chi connectivity index (χ4n) is 1.62. The zero-order chi connectivity index (χ0) is 16.4. The summed E-state index contributed by atoms with van der Waals surface area (Å²) in [5.74, 6) is -0.479. The van der Waals surface area contributed by atoms with E-state index in [2.05, 4.69) is 0 Å². The van der Waals surface area contributed by atoms with Gasteiger partial charge >= 0.3 is 11.9 Å². The molecule has 0 saturated carbocycles. The van der Waals surface area contributed by atoms with E-state index in [0.29, 0.717) is 11.5 Å². The Balaban J connectivity index is 2.24. The number of carboxylic acid groups (broad SMARTS) is 1. The molecule has 0 aliphatic carbocycles. The Morgan fingerprint density at radius 2 is 1.82 bits per heavy atom. The second kappa shape index (κ2) is 9.62. The Bertz CT molecular complexity index is 487. The third kappa shape index (κ3) is 6.94. The summed E-state index contributed by atoms with van der Waals surface area (Å²) in [5.41, 5.74) is 0. The van der Waals surface area contributed by atoms with Crippen LogP contribution in [0.1, 0.15) is 19.3 Å². The fraction of sp³-hybridized carbons (Fsp3) is 0.467. The van der Waals surface area contributed by atoms with Crippen molar-refractivity contribution in [2.24, 2.45) is 0 Å². The predicted octanol–water partition coefficient (Wildman–Crippen LogP) is 1.23. The van der Waals surface area contributed by atoms with E-state index < -0.39 is 18.0 Å². The number of hydrogen-bond acceptors (Lipinski definition) is 6. The minimum Gasteiger partial charge on any atom is -0.493 e. The number of ether oxygens (including phenoxy) is 3. The highest BCUT2D eigenvalue weighted by atomic mass is 16.6. The van der Waals surface area contributed by atoms with Crippen LogP contribution in [0.25, 0.3) is 0 Å². The third-order valence-corrected chi connectivity index (χ3v) is 2.71. The summed E-state index contributed by atoms with van der Waals surface area (Å²) in [7, 11) is 1.51. The number of rotatable bonds is 10. The zero-order valence-electron chi connectivity index (χ0n) is 12.4. The Morgan fingerprint density at radius 1 is 1.14 bits per heavy atom. The average molecular weight is 312 g/mol. The molecule has 2 N–H and O–H groups in total. The number of carboxylic acids is 1. The number of methoxy groups -OCH3 is 1. The lowest BCUT2D eigenvalue weighted by Crippen LogP contribution is -2.25. The summed E-state index contributed by atoms with van der Waals surface area (Å²) >= 11 is 0. The van der Waals surface area contributed by atoms with E-state index in [9.17, 15) is 14.7 Å². The summed E-state index contributed by atoms with van der Waals surface area (Å²) in [6.45, 7) is -0.260. The van der Waals surface area contributed by atoms with Gasteiger partial charge in [0.25, 0.3) is 0 Å². The number of benzene rings is 1. The van der Waals surface area contributed by atoms with E-state index in [-0.39, 0.29) is 32.5 Å². The summed E-state index contributed by atoms with van der Waals surface area (Å²) < 4.78 is 15.3. The van der Waals surface area contributed by atoms with E-state index >= 15 is 0 Å². The summed E-state index contributed by atoms with van der Waals surface area (Å²) in [4.78, 5) is 21.6. The lowest BCUT2D eigenvalue weighted by Gasteiger charge is -2.14. The largest absolute Gasteiger partial charge is 0.493 e. The van der Waals surface area contributed by atoms with Crippen molar-refractivity contribution >= 4 is 11.9 Å². The quantitative estimate of drug-likeness (QED) is 0.626. The maximum Gasteiger partial charge on any atom is 0.305 e. The van der Waals surface area contributed by atoms with Crippen LogP contribution < -0.4 is 9.47 Å². The second-order valence-electron chi connectivity index (χ2n) is 4.55. The van der Waals surface area contributed by atoms with Crippen LogP contribution in [0.15, 0.2) is 24.3 Å². The van der Waals surface area contributed by atoms with Crippen molar-refractivity contribution in [3.8, 4) is 11.5 Å². The number of aliphatic carboxylic acids is 1. The Kier molecular flexibility index (Phi) is 7.77. The fourth-order valence-corrected chi connectivity index (χ4v) is 1.62. The Labute approximate surface area is 128 Å². The number of carbonyl (C=O) groups excluding carboxylic acids is 1. The molecular formula is C15H20O7. The summed E-state index contributed by atoms with van der Waals surface area (Å²) in [5, 5.41) is 18.1. The van der Waals surface area contributed by atoms with Crippen molar-refractivity contribution in [1.29, 1.82) is 0 Å². The van der Waals surface area contributed by atoms with E-state index in [1.807, 2.05) is 0 Å². The Hall–Kier alpha value is -2.28. The first-order valence-electron chi connectivity index (χ1n) is 6.84. The molecule has 0 radical (unpaired) electrons. The van der Waals surface area contributed by atoms with Crippen molar-refractivity contribution in [2.45, 2.75) is 25.4 Å². The van der Waals surface area contributed by atoms with Gasteiger partial charge in [0.15, 0.2) is 11.5 Å². The molecule has 1 unspecified atom stereocenters. The number of aliphatic hydroxyl groups is 1. The third-order valence-electron chi connectivity index (χ3n) is 2.71. The van der Waals surface area contributed by atoms with Crippen LogP contribution in [-0.4, -0.2) is 48.6 Å². The van der Waals surface area contributed by atoms with Gasteiger partial charge in [0, 0.05) is 12.8 Å². The Morgan fingerprint density at radius 3 is 2.45 bits per heavy atom. The molecule has 0 saturated heterocycles. The summed E-state index contributed by atoms with van der Waals surface area (Å²) in [6, 6.07) is 6.99. The topological polar surface area (TPSA) is 102 Å². The molecule has 0 heterocycles. The summed E-state index contributed by atoms with van der Waals surface area (Å²) in [6.07, 6.45) is -0.850. The molecule has 22 heavy (non-hydrogen) atoms. The molecule has 1 aromatic rings. The molecule has 1 rings (SSSR count). The van der Waals surface area contributed by atoms with Gasteiger partial charge in [0.05, 0.1) is 7.11 Å². The van der Waals surface area contributed by atoms with Gasteiger partial charge in [0.1, 0.15) is 19.3 Å². The number of para-hydroxylation sites is 2. The molecule has 0 fully saturated rings. The van der Waals surface area contributed by atoms with Crippen LogP contribution in [0, 0.1) is 0 Å². The predicted molar refractivity (Wildman–Crippen MR) is 76.9 cm³/mol. The van der Waals surface area contributed by atoms with Crippen LogP contribution in [0.5, 0.6) is 11.5 Å². The van der Waals surface area contributed by atoms with Gasteiger partial charge < -0.3 is 24.4 Å². The minimum atomic E-state index is -0.978. The number of hydrogen-bond donors (Lipinski definition) is 2. The van der Waals surface area contributed by atoms with Gasteiger partial charge in [-0.05, 0) is 18.6 Å². The molecule has 0 aromatic heterocycles. The van der Waals surface area contributed by atoms with Gasteiger partial charge in [-0.15, -0.1) is 0 Å². The van der Waals surface area contributed by atoms with E-state index in [0.717, 1.165) is 0 Å². The maximum absolute atomic E-state index is 11.3.